The van der Waals surface area contributed by atoms with Crippen molar-refractivity contribution < 1.29 is 25.5 Å². The minimum absolute atomic E-state index is 0.108. The van der Waals surface area contributed by atoms with Crippen LogP contribution in [0, 0.1) is 0 Å². The number of rotatable bonds is 5. The highest BCUT2D eigenvalue weighted by Gasteiger charge is 2.30. The third kappa shape index (κ3) is 3.63. The molecule has 0 amide bonds. The minimum atomic E-state index is -1.61. The van der Waals surface area contributed by atoms with Gasteiger partial charge in [-0.25, -0.2) is 0 Å². The van der Waals surface area contributed by atoms with E-state index in [2.05, 4.69) is 12.2 Å². The second kappa shape index (κ2) is 5.58. The molecule has 5 N–H and O–H groups in total. The Bertz CT molecular complexity index is 174. The minimum Gasteiger partial charge on any atom is -0.394 e. The van der Waals surface area contributed by atoms with Crippen LogP contribution in [-0.4, -0.2) is 61.4 Å². The maximum atomic E-state index is 9.20. The Morgan fingerprint density at radius 3 is 1.92 bits per heavy atom. The van der Waals surface area contributed by atoms with Crippen LogP contribution in [0.15, 0.2) is 0 Å². The predicted molar refractivity (Wildman–Crippen MR) is 49.4 cm³/mol. The lowest BCUT2D eigenvalue weighted by Crippen LogP contribution is -2.47. The second-order valence-corrected chi connectivity index (χ2v) is 3.43. The molecule has 0 heterocycles. The fraction of sp³-hybridized carbons (Fsp3) is 0.857. The summed E-state index contributed by atoms with van der Waals surface area (Å²) in [5, 5.41) is 44.8. The third-order valence-corrected chi connectivity index (χ3v) is 1.91. The normalized spacial score (nSPS) is 20.5. The van der Waals surface area contributed by atoms with E-state index in [0.29, 0.717) is 0 Å². The number of hydrogen-bond acceptors (Lipinski definition) is 6. The van der Waals surface area contributed by atoms with Crippen molar-refractivity contribution in [2.75, 3.05) is 6.61 Å². The zero-order valence-corrected chi connectivity index (χ0v) is 7.98. The van der Waals surface area contributed by atoms with Gasteiger partial charge in [-0.1, -0.05) is 12.2 Å². The molecule has 78 valence electrons. The average Bonchev–Trinajstić information content (AvgIpc) is 2.12. The summed E-state index contributed by atoms with van der Waals surface area (Å²) in [6, 6.07) is 0. The van der Waals surface area contributed by atoms with Gasteiger partial charge in [0.15, 0.2) is 0 Å². The molecule has 0 unspecified atom stereocenters. The highest BCUT2D eigenvalue weighted by atomic mass is 32.1. The summed E-state index contributed by atoms with van der Waals surface area (Å²) in [7, 11) is 0. The highest BCUT2D eigenvalue weighted by Crippen LogP contribution is 2.06. The van der Waals surface area contributed by atoms with Crippen LogP contribution >= 0.6 is 12.2 Å². The molecule has 0 aromatic rings. The van der Waals surface area contributed by atoms with Gasteiger partial charge >= 0.3 is 0 Å². The molecule has 13 heavy (non-hydrogen) atoms. The van der Waals surface area contributed by atoms with Crippen molar-refractivity contribution in [2.24, 2.45) is 0 Å². The first-order valence-electron chi connectivity index (χ1n) is 3.75. The van der Waals surface area contributed by atoms with Crippen LogP contribution in [0.25, 0.3) is 0 Å². The Morgan fingerprint density at radius 1 is 1.15 bits per heavy atom. The molecule has 4 atom stereocenters. The van der Waals surface area contributed by atoms with Gasteiger partial charge in [-0.05, 0) is 6.92 Å². The Kier molecular flexibility index (Phi) is 5.54. The number of thiocarbonyl (C=S) groups is 1. The predicted octanol–water partition coefficient (Wildman–Crippen LogP) is -2.19. The van der Waals surface area contributed by atoms with Gasteiger partial charge in [0.2, 0.25) is 0 Å². The van der Waals surface area contributed by atoms with Gasteiger partial charge in [0, 0.05) is 4.86 Å². The summed E-state index contributed by atoms with van der Waals surface area (Å²) in [6.07, 6.45) is -6.07. The van der Waals surface area contributed by atoms with Crippen LogP contribution in [0.3, 0.4) is 0 Å². The first kappa shape index (κ1) is 12.9. The van der Waals surface area contributed by atoms with Gasteiger partial charge < -0.3 is 25.5 Å². The standard InChI is InChI=1S/C7H14O5S/c1-3(13)5(10)7(12)6(11)4(9)2-8/h4-12H,2H2,1H3/t4-,5+,6+,7-/m1/s1. The summed E-state index contributed by atoms with van der Waals surface area (Å²) < 4.78 is 0. The van der Waals surface area contributed by atoms with Gasteiger partial charge in [-0.2, -0.15) is 0 Å². The van der Waals surface area contributed by atoms with E-state index in [1.165, 1.54) is 6.92 Å². The van der Waals surface area contributed by atoms with E-state index in [1.54, 1.807) is 0 Å². The molecule has 0 spiro atoms. The van der Waals surface area contributed by atoms with Crippen molar-refractivity contribution in [3.63, 3.8) is 0 Å². The summed E-state index contributed by atoms with van der Waals surface area (Å²) in [6.45, 7) is 0.711. The van der Waals surface area contributed by atoms with Crippen LogP contribution < -0.4 is 0 Å². The Morgan fingerprint density at radius 2 is 1.62 bits per heavy atom. The van der Waals surface area contributed by atoms with E-state index in [0.717, 1.165) is 0 Å². The third-order valence-electron chi connectivity index (χ3n) is 1.67. The van der Waals surface area contributed by atoms with E-state index < -0.39 is 31.0 Å². The maximum Gasteiger partial charge on any atom is 0.113 e. The molecule has 0 bridgehead atoms. The second-order valence-electron chi connectivity index (χ2n) is 2.79. The SMILES string of the molecule is CC(=S)[C@H](O)[C@@H](O)[C@@H](O)[C@H](O)CO. The molecule has 0 aliphatic carbocycles. The lowest BCUT2D eigenvalue weighted by molar-refractivity contribution is -0.100. The number of aliphatic hydroxyl groups excluding tert-OH is 5. The zero-order valence-electron chi connectivity index (χ0n) is 7.16. The fourth-order valence-corrected chi connectivity index (χ4v) is 0.902. The number of aliphatic hydroxyl groups is 5. The highest BCUT2D eigenvalue weighted by molar-refractivity contribution is 7.80. The molecule has 6 heteroatoms. The van der Waals surface area contributed by atoms with Gasteiger partial charge in [-0.3, -0.25) is 0 Å². The van der Waals surface area contributed by atoms with Crippen molar-refractivity contribution in [3.05, 3.63) is 0 Å². The lowest BCUT2D eigenvalue weighted by Gasteiger charge is -2.24. The average molecular weight is 210 g/mol. The summed E-state index contributed by atoms with van der Waals surface area (Å²) in [5.41, 5.74) is 0. The molecular formula is C7H14O5S. The van der Waals surface area contributed by atoms with Crippen molar-refractivity contribution in [1.82, 2.24) is 0 Å². The van der Waals surface area contributed by atoms with Gasteiger partial charge in [0.05, 0.1) is 6.61 Å². The number of hydrogen-bond donors (Lipinski definition) is 5. The molecule has 0 aliphatic rings. The van der Waals surface area contributed by atoms with E-state index in [1.807, 2.05) is 0 Å². The topological polar surface area (TPSA) is 101 Å². The molecule has 0 aliphatic heterocycles. The van der Waals surface area contributed by atoms with E-state index in [4.69, 9.17) is 20.4 Å². The smallest absolute Gasteiger partial charge is 0.113 e. The molecule has 0 aromatic heterocycles. The van der Waals surface area contributed by atoms with Crippen LogP contribution in [0.4, 0.5) is 0 Å². The Balaban J connectivity index is 4.24. The lowest BCUT2D eigenvalue weighted by atomic mass is 10.0. The maximum absolute atomic E-state index is 9.20. The van der Waals surface area contributed by atoms with Crippen molar-refractivity contribution in [1.29, 1.82) is 0 Å². The first-order chi connectivity index (χ1) is 5.91. The van der Waals surface area contributed by atoms with Crippen molar-refractivity contribution >= 4 is 17.1 Å². The Hall–Kier alpha value is -0.110. The van der Waals surface area contributed by atoms with E-state index in [-0.39, 0.29) is 4.86 Å². The van der Waals surface area contributed by atoms with E-state index >= 15 is 0 Å². The fourth-order valence-electron chi connectivity index (χ4n) is 0.763. The molecule has 0 rings (SSSR count). The molecule has 0 saturated heterocycles. The van der Waals surface area contributed by atoms with Crippen LogP contribution in [-0.2, 0) is 0 Å². The van der Waals surface area contributed by atoms with Gasteiger partial charge in [0.1, 0.15) is 24.4 Å². The zero-order chi connectivity index (χ0) is 10.6. The molecule has 5 nitrogen and oxygen atoms in total. The first-order valence-corrected chi connectivity index (χ1v) is 4.16. The summed E-state index contributed by atoms with van der Waals surface area (Å²) in [5.74, 6) is 0. The summed E-state index contributed by atoms with van der Waals surface area (Å²) in [4.78, 5) is 0.108. The summed E-state index contributed by atoms with van der Waals surface area (Å²) >= 11 is 4.57. The molecule has 0 aromatic carbocycles. The largest absolute Gasteiger partial charge is 0.394 e. The van der Waals surface area contributed by atoms with Crippen LogP contribution in [0.1, 0.15) is 6.92 Å². The van der Waals surface area contributed by atoms with Crippen molar-refractivity contribution in [3.8, 4) is 0 Å². The Labute approximate surface area is 81.3 Å². The molecule has 0 fully saturated rings. The molecule has 0 saturated carbocycles. The molecule has 0 radical (unpaired) electrons. The van der Waals surface area contributed by atoms with Gasteiger partial charge in [0.25, 0.3) is 0 Å². The van der Waals surface area contributed by atoms with Gasteiger partial charge in [-0.15, -0.1) is 0 Å². The van der Waals surface area contributed by atoms with Crippen LogP contribution in [0.2, 0.25) is 0 Å². The van der Waals surface area contributed by atoms with E-state index in [9.17, 15) is 5.11 Å². The molecular weight excluding hydrogens is 196 g/mol. The van der Waals surface area contributed by atoms with Crippen molar-refractivity contribution in [2.45, 2.75) is 31.3 Å². The van der Waals surface area contributed by atoms with Crippen LogP contribution in [0.5, 0.6) is 0 Å². The monoisotopic (exact) mass is 210 g/mol. The quantitative estimate of drug-likeness (QED) is 0.330.